The molecule has 0 saturated carbocycles. The van der Waals surface area contributed by atoms with Crippen LogP contribution in [0.15, 0.2) is 24.3 Å². The molecule has 1 aliphatic rings. The van der Waals surface area contributed by atoms with E-state index in [0.717, 1.165) is 34.8 Å². The van der Waals surface area contributed by atoms with Crippen LogP contribution in [0.2, 0.25) is 0 Å². The van der Waals surface area contributed by atoms with Crippen molar-refractivity contribution in [3.63, 3.8) is 0 Å². The zero-order chi connectivity index (χ0) is 22.3. The van der Waals surface area contributed by atoms with Crippen LogP contribution in [0.25, 0.3) is 11.1 Å². The lowest BCUT2D eigenvalue weighted by atomic mass is 9.78. The normalized spacial score (nSPS) is 18.8. The van der Waals surface area contributed by atoms with E-state index >= 15 is 0 Å². The van der Waals surface area contributed by atoms with E-state index < -0.39 is 10.0 Å². The molecule has 1 aliphatic heterocycles. The molecule has 0 N–H and O–H groups in total. The fraction of sp³-hybridized carbons (Fsp3) is 0.609. The highest BCUT2D eigenvalue weighted by Crippen LogP contribution is 2.37. The largest absolute Gasteiger partial charge is 0.494 e. The van der Waals surface area contributed by atoms with Gasteiger partial charge < -0.3 is 14.0 Å². The second-order valence-electron chi connectivity index (χ2n) is 10.1. The Morgan fingerprint density at radius 3 is 2.10 bits per heavy atom. The fourth-order valence-electron chi connectivity index (χ4n) is 3.49. The van der Waals surface area contributed by atoms with Gasteiger partial charge in [0, 0.05) is 17.0 Å². The fourth-order valence-corrected chi connectivity index (χ4v) is 4.10. The molecule has 0 atom stereocenters. The van der Waals surface area contributed by atoms with Crippen LogP contribution < -0.4 is 5.46 Å². The second kappa shape index (κ2) is 8.34. The lowest BCUT2D eigenvalue weighted by molar-refractivity contribution is 0.00578. The van der Waals surface area contributed by atoms with Gasteiger partial charge in [0.05, 0.1) is 23.5 Å². The van der Waals surface area contributed by atoms with Crippen LogP contribution in [0.3, 0.4) is 0 Å². The van der Waals surface area contributed by atoms with Gasteiger partial charge in [-0.2, -0.15) is 5.10 Å². The molecule has 1 saturated heterocycles. The second-order valence-corrected chi connectivity index (χ2v) is 14.7. The highest BCUT2D eigenvalue weighted by atomic mass is 32.3. The van der Waals surface area contributed by atoms with Crippen molar-refractivity contribution in [2.45, 2.75) is 59.5 Å². The Morgan fingerprint density at radius 1 is 1.00 bits per heavy atom. The molecule has 2 aromatic rings. The SMILES string of the molecule is Cc1nn(COCCS(C)(C)C)c(C)c1-c1ccc(B2OC(C)(C)C(C)(C)O2)cc1. The molecule has 1 fully saturated rings. The number of hydrogen-bond donors (Lipinski definition) is 0. The van der Waals surface area contributed by atoms with Gasteiger partial charge in [-0.15, -0.1) is 0 Å². The van der Waals surface area contributed by atoms with Crippen LogP contribution in [0, 0.1) is 13.8 Å². The van der Waals surface area contributed by atoms with Crippen molar-refractivity contribution in [1.82, 2.24) is 9.78 Å². The average molecular weight is 432 g/mol. The monoisotopic (exact) mass is 432 g/mol. The topological polar surface area (TPSA) is 45.5 Å². The van der Waals surface area contributed by atoms with E-state index in [1.807, 2.05) is 4.68 Å². The van der Waals surface area contributed by atoms with Crippen LogP contribution in [0.4, 0.5) is 0 Å². The van der Waals surface area contributed by atoms with Gasteiger partial charge in [0.1, 0.15) is 6.73 Å². The van der Waals surface area contributed by atoms with Crippen molar-refractivity contribution >= 4 is 22.6 Å². The van der Waals surface area contributed by atoms with Gasteiger partial charge in [0.15, 0.2) is 0 Å². The van der Waals surface area contributed by atoms with Crippen LogP contribution in [0.5, 0.6) is 0 Å². The molecule has 5 nitrogen and oxygen atoms in total. The maximum absolute atomic E-state index is 6.17. The van der Waals surface area contributed by atoms with E-state index in [1.54, 1.807) is 0 Å². The summed E-state index contributed by atoms with van der Waals surface area (Å²) in [7, 11) is -0.876. The summed E-state index contributed by atoms with van der Waals surface area (Å²) in [4.78, 5) is 0. The first-order valence-electron chi connectivity index (χ1n) is 10.5. The summed E-state index contributed by atoms with van der Waals surface area (Å²) in [5.74, 6) is 1.11. The maximum atomic E-state index is 6.17. The number of nitrogens with zero attached hydrogens (tertiary/aromatic N) is 2. The van der Waals surface area contributed by atoms with Crippen molar-refractivity contribution in [3.8, 4) is 11.1 Å². The van der Waals surface area contributed by atoms with E-state index in [1.165, 1.54) is 5.56 Å². The Hall–Kier alpha value is -1.28. The van der Waals surface area contributed by atoms with Gasteiger partial charge in [-0.3, -0.25) is 0 Å². The first-order valence-corrected chi connectivity index (χ1v) is 13.6. The van der Waals surface area contributed by atoms with E-state index in [2.05, 4.69) is 84.6 Å². The third kappa shape index (κ3) is 4.96. The minimum atomic E-state index is -0.536. The summed E-state index contributed by atoms with van der Waals surface area (Å²) in [5.41, 5.74) is 4.82. The standard InChI is InChI=1S/C23H37BN2O3S/c1-17-21(18(2)26(25-17)16-27-14-15-30(7,8)9)19-10-12-20(13-11-19)24-28-22(3,4)23(5,6)29-24/h10-13H,14-16H2,1-9H3. The van der Waals surface area contributed by atoms with Crippen molar-refractivity contribution in [3.05, 3.63) is 35.7 Å². The molecule has 1 aromatic carbocycles. The van der Waals surface area contributed by atoms with Gasteiger partial charge >= 0.3 is 7.12 Å². The minimum Gasteiger partial charge on any atom is -0.399 e. The minimum absolute atomic E-state index is 0.334. The number of aryl methyl sites for hydroxylation is 1. The molecule has 166 valence electrons. The molecule has 2 heterocycles. The smallest absolute Gasteiger partial charge is 0.399 e. The molecule has 0 amide bonds. The van der Waals surface area contributed by atoms with Gasteiger partial charge in [0.2, 0.25) is 0 Å². The molecular formula is C23H37BN2O3S. The first kappa shape index (κ1) is 23.4. The zero-order valence-corrected chi connectivity index (χ0v) is 20.9. The Balaban J connectivity index is 1.72. The van der Waals surface area contributed by atoms with Gasteiger partial charge in [-0.05, 0) is 71.3 Å². The summed E-state index contributed by atoms with van der Waals surface area (Å²) in [6.45, 7) is 13.7. The predicted molar refractivity (Wildman–Crippen MR) is 129 cm³/mol. The summed E-state index contributed by atoms with van der Waals surface area (Å²) in [6.07, 6.45) is 6.93. The summed E-state index contributed by atoms with van der Waals surface area (Å²) >= 11 is 0. The summed E-state index contributed by atoms with van der Waals surface area (Å²) in [6, 6.07) is 8.45. The third-order valence-electron chi connectivity index (χ3n) is 6.16. The Kier molecular flexibility index (Phi) is 6.50. The van der Waals surface area contributed by atoms with E-state index in [4.69, 9.17) is 19.1 Å². The lowest BCUT2D eigenvalue weighted by Crippen LogP contribution is -2.41. The Bertz CT molecular complexity index is 869. The molecule has 0 bridgehead atoms. The predicted octanol–water partition coefficient (Wildman–Crippen LogP) is 4.13. The number of rotatable bonds is 7. The first-order chi connectivity index (χ1) is 13.8. The van der Waals surface area contributed by atoms with Crippen LogP contribution in [-0.4, -0.2) is 59.2 Å². The van der Waals surface area contributed by atoms with Crippen molar-refractivity contribution in [2.24, 2.45) is 0 Å². The average Bonchev–Trinajstić information content (AvgIpc) is 3.02. The number of hydrogen-bond acceptors (Lipinski definition) is 4. The molecule has 0 unspecified atom stereocenters. The van der Waals surface area contributed by atoms with Crippen LogP contribution >= 0.6 is 10.0 Å². The highest BCUT2D eigenvalue weighted by molar-refractivity contribution is 8.32. The van der Waals surface area contributed by atoms with Crippen molar-refractivity contribution in [2.75, 3.05) is 31.1 Å². The summed E-state index contributed by atoms with van der Waals surface area (Å²) < 4.78 is 20.2. The van der Waals surface area contributed by atoms with Crippen molar-refractivity contribution in [1.29, 1.82) is 0 Å². The molecule has 0 spiro atoms. The Morgan fingerprint density at radius 2 is 1.57 bits per heavy atom. The highest BCUT2D eigenvalue weighted by Gasteiger charge is 2.51. The van der Waals surface area contributed by atoms with Crippen molar-refractivity contribution < 1.29 is 14.0 Å². The lowest BCUT2D eigenvalue weighted by Gasteiger charge is -2.32. The molecule has 1 aromatic heterocycles. The molecule has 30 heavy (non-hydrogen) atoms. The maximum Gasteiger partial charge on any atom is 0.494 e. The molecule has 7 heteroatoms. The van der Waals surface area contributed by atoms with Gasteiger partial charge in [-0.25, -0.2) is 14.7 Å². The molecule has 0 aliphatic carbocycles. The Labute approximate surface area is 183 Å². The third-order valence-corrected chi connectivity index (χ3v) is 7.55. The van der Waals surface area contributed by atoms with E-state index in [-0.39, 0.29) is 18.3 Å². The zero-order valence-electron chi connectivity index (χ0n) is 20.0. The van der Waals surface area contributed by atoms with Gasteiger partial charge in [-0.1, -0.05) is 24.3 Å². The molecule has 0 radical (unpaired) electrons. The summed E-state index contributed by atoms with van der Waals surface area (Å²) in [5, 5.41) is 4.71. The van der Waals surface area contributed by atoms with Crippen LogP contribution in [0.1, 0.15) is 39.1 Å². The number of aromatic nitrogens is 2. The number of ether oxygens (including phenoxy) is 1. The molecule has 3 rings (SSSR count). The van der Waals surface area contributed by atoms with E-state index in [9.17, 15) is 0 Å². The molecular weight excluding hydrogens is 395 g/mol. The number of benzene rings is 1. The van der Waals surface area contributed by atoms with Crippen LogP contribution in [-0.2, 0) is 20.8 Å². The van der Waals surface area contributed by atoms with Gasteiger partial charge in [0.25, 0.3) is 0 Å². The van der Waals surface area contributed by atoms with E-state index in [0.29, 0.717) is 6.73 Å². The quantitative estimate of drug-likeness (QED) is 0.488.